The van der Waals surface area contributed by atoms with Crippen LogP contribution < -0.4 is 5.32 Å². The number of nitrogens with one attached hydrogen (secondary N) is 1. The largest absolute Gasteiger partial charge is 0.322 e. The molecule has 0 saturated heterocycles. The van der Waals surface area contributed by atoms with Crippen LogP contribution in [0.15, 0.2) is 48.5 Å². The third-order valence-corrected chi connectivity index (χ3v) is 2.89. The van der Waals surface area contributed by atoms with Crippen molar-refractivity contribution in [2.45, 2.75) is 6.92 Å². The minimum atomic E-state index is -0.603. The van der Waals surface area contributed by atoms with Crippen LogP contribution in [0.5, 0.6) is 0 Å². The number of nitro groups is 1. The Balaban J connectivity index is 2.22. The molecule has 0 aliphatic carbocycles. The van der Waals surface area contributed by atoms with Crippen LogP contribution in [0.4, 0.5) is 11.4 Å². The van der Waals surface area contributed by atoms with E-state index in [2.05, 4.69) is 5.32 Å². The van der Waals surface area contributed by atoms with E-state index in [1.54, 1.807) is 30.3 Å². The zero-order chi connectivity index (χ0) is 15.4. The molecule has 0 aliphatic heterocycles. The van der Waals surface area contributed by atoms with Gasteiger partial charge in [-0.1, -0.05) is 12.1 Å². The molecule has 6 nitrogen and oxygen atoms in total. The number of nitro benzene ring substituents is 1. The van der Waals surface area contributed by atoms with Gasteiger partial charge in [-0.15, -0.1) is 0 Å². The molecule has 1 amide bonds. The van der Waals surface area contributed by atoms with Gasteiger partial charge in [0, 0.05) is 17.3 Å². The SMILES string of the molecule is CC(=O)c1ccc(NC(=O)c2ccccc2[N+](=O)[O-])cc1. The first-order valence-electron chi connectivity index (χ1n) is 6.15. The topological polar surface area (TPSA) is 89.3 Å². The number of hydrogen-bond donors (Lipinski definition) is 1. The molecular formula is C15H12N2O4. The molecule has 21 heavy (non-hydrogen) atoms. The molecule has 0 bridgehead atoms. The number of Topliss-reactive ketones (excluding diaryl/α,β-unsaturated/α-hetero) is 1. The van der Waals surface area contributed by atoms with Crippen LogP contribution in [0.2, 0.25) is 0 Å². The van der Waals surface area contributed by atoms with Crippen molar-refractivity contribution in [3.05, 3.63) is 69.8 Å². The van der Waals surface area contributed by atoms with Gasteiger partial charge in [0.25, 0.3) is 11.6 Å². The number of rotatable bonds is 4. The Bertz CT molecular complexity index is 708. The van der Waals surface area contributed by atoms with E-state index in [9.17, 15) is 19.7 Å². The molecule has 0 atom stereocenters. The Morgan fingerprint density at radius 1 is 1.05 bits per heavy atom. The van der Waals surface area contributed by atoms with Crippen molar-refractivity contribution in [3.8, 4) is 0 Å². The third kappa shape index (κ3) is 3.30. The molecule has 0 heterocycles. The Kier molecular flexibility index (Phi) is 4.08. The lowest BCUT2D eigenvalue weighted by Gasteiger charge is -2.06. The van der Waals surface area contributed by atoms with Crippen molar-refractivity contribution in [2.24, 2.45) is 0 Å². The summed E-state index contributed by atoms with van der Waals surface area (Å²) in [6.45, 7) is 1.45. The van der Waals surface area contributed by atoms with Crippen molar-refractivity contribution < 1.29 is 14.5 Å². The van der Waals surface area contributed by atoms with Gasteiger partial charge in [-0.25, -0.2) is 0 Å². The van der Waals surface area contributed by atoms with Gasteiger partial charge >= 0.3 is 0 Å². The predicted octanol–water partition coefficient (Wildman–Crippen LogP) is 3.05. The highest BCUT2D eigenvalue weighted by Crippen LogP contribution is 2.19. The van der Waals surface area contributed by atoms with E-state index in [0.29, 0.717) is 11.3 Å². The van der Waals surface area contributed by atoms with E-state index < -0.39 is 10.8 Å². The number of anilines is 1. The van der Waals surface area contributed by atoms with Gasteiger partial charge in [0.05, 0.1) is 4.92 Å². The van der Waals surface area contributed by atoms with E-state index in [1.165, 1.54) is 25.1 Å². The predicted molar refractivity (Wildman–Crippen MR) is 77.5 cm³/mol. The molecule has 2 aromatic carbocycles. The molecule has 106 valence electrons. The Hall–Kier alpha value is -3.02. The smallest absolute Gasteiger partial charge is 0.282 e. The number of carbonyl (C=O) groups excluding carboxylic acids is 2. The second kappa shape index (κ2) is 5.96. The maximum atomic E-state index is 12.1. The van der Waals surface area contributed by atoms with E-state index in [4.69, 9.17) is 0 Å². The molecule has 0 fully saturated rings. The first-order valence-corrected chi connectivity index (χ1v) is 6.15. The number of ketones is 1. The fourth-order valence-corrected chi connectivity index (χ4v) is 1.81. The molecule has 0 radical (unpaired) electrons. The molecular weight excluding hydrogens is 272 g/mol. The van der Waals surface area contributed by atoms with Crippen LogP contribution in [-0.2, 0) is 0 Å². The van der Waals surface area contributed by atoms with Crippen LogP contribution in [0.25, 0.3) is 0 Å². The second-order valence-electron chi connectivity index (χ2n) is 4.36. The summed E-state index contributed by atoms with van der Waals surface area (Å²) >= 11 is 0. The quantitative estimate of drug-likeness (QED) is 0.531. The average molecular weight is 284 g/mol. The van der Waals surface area contributed by atoms with Crippen LogP contribution in [0, 0.1) is 10.1 Å². The summed E-state index contributed by atoms with van der Waals surface area (Å²) in [6.07, 6.45) is 0. The average Bonchev–Trinajstić information content (AvgIpc) is 2.47. The lowest BCUT2D eigenvalue weighted by atomic mass is 10.1. The van der Waals surface area contributed by atoms with Crippen molar-refractivity contribution in [1.29, 1.82) is 0 Å². The minimum Gasteiger partial charge on any atom is -0.322 e. The maximum Gasteiger partial charge on any atom is 0.282 e. The zero-order valence-electron chi connectivity index (χ0n) is 11.2. The van der Waals surface area contributed by atoms with Crippen molar-refractivity contribution in [2.75, 3.05) is 5.32 Å². The Morgan fingerprint density at radius 3 is 2.24 bits per heavy atom. The summed E-state index contributed by atoms with van der Waals surface area (Å²) in [4.78, 5) is 33.5. The van der Waals surface area contributed by atoms with Crippen LogP contribution in [0.1, 0.15) is 27.6 Å². The number of hydrogen-bond acceptors (Lipinski definition) is 4. The van der Waals surface area contributed by atoms with Crippen LogP contribution >= 0.6 is 0 Å². The van der Waals surface area contributed by atoms with E-state index in [0.717, 1.165) is 0 Å². The number of amides is 1. The number of nitrogens with zero attached hydrogens (tertiary/aromatic N) is 1. The second-order valence-corrected chi connectivity index (χ2v) is 4.36. The monoisotopic (exact) mass is 284 g/mol. The van der Waals surface area contributed by atoms with E-state index >= 15 is 0 Å². The van der Waals surface area contributed by atoms with Gasteiger partial charge in [-0.3, -0.25) is 19.7 Å². The van der Waals surface area contributed by atoms with Crippen molar-refractivity contribution in [3.63, 3.8) is 0 Å². The highest BCUT2D eigenvalue weighted by molar-refractivity contribution is 6.07. The van der Waals surface area contributed by atoms with Crippen molar-refractivity contribution in [1.82, 2.24) is 0 Å². The Labute approximate surface area is 120 Å². The molecule has 0 aliphatic rings. The first-order chi connectivity index (χ1) is 9.99. The molecule has 2 rings (SSSR count). The van der Waals surface area contributed by atoms with Gasteiger partial charge in [0.2, 0.25) is 0 Å². The number of benzene rings is 2. The highest BCUT2D eigenvalue weighted by Gasteiger charge is 2.19. The molecule has 0 spiro atoms. The first kappa shape index (κ1) is 14.4. The van der Waals surface area contributed by atoms with Gasteiger partial charge in [-0.2, -0.15) is 0 Å². The Morgan fingerprint density at radius 2 is 1.67 bits per heavy atom. The summed E-state index contributed by atoms with van der Waals surface area (Å²) in [6, 6.07) is 12.0. The highest BCUT2D eigenvalue weighted by atomic mass is 16.6. The van der Waals surface area contributed by atoms with E-state index in [1.807, 2.05) is 0 Å². The molecule has 0 saturated carbocycles. The molecule has 2 aromatic rings. The lowest BCUT2D eigenvalue weighted by Crippen LogP contribution is -2.13. The van der Waals surface area contributed by atoms with Gasteiger partial charge < -0.3 is 5.32 Å². The zero-order valence-corrected chi connectivity index (χ0v) is 11.2. The minimum absolute atomic E-state index is 0.0156. The molecule has 1 N–H and O–H groups in total. The summed E-state index contributed by atoms with van der Waals surface area (Å²) < 4.78 is 0. The fraction of sp³-hybridized carbons (Fsp3) is 0.0667. The lowest BCUT2D eigenvalue weighted by molar-refractivity contribution is -0.385. The van der Waals surface area contributed by atoms with Crippen molar-refractivity contribution >= 4 is 23.1 Å². The normalized spacial score (nSPS) is 9.95. The van der Waals surface area contributed by atoms with Crippen LogP contribution in [-0.4, -0.2) is 16.6 Å². The van der Waals surface area contributed by atoms with Gasteiger partial charge in [0.15, 0.2) is 5.78 Å². The fourth-order valence-electron chi connectivity index (χ4n) is 1.81. The summed E-state index contributed by atoms with van der Waals surface area (Å²) in [7, 11) is 0. The van der Waals surface area contributed by atoms with Gasteiger partial charge in [-0.05, 0) is 37.3 Å². The third-order valence-electron chi connectivity index (χ3n) is 2.89. The molecule has 6 heteroatoms. The summed E-state index contributed by atoms with van der Waals surface area (Å²) in [5.41, 5.74) is 0.718. The van der Waals surface area contributed by atoms with Crippen LogP contribution in [0.3, 0.4) is 0 Å². The number of para-hydroxylation sites is 1. The summed E-state index contributed by atoms with van der Waals surface area (Å²) in [5.74, 6) is -0.649. The summed E-state index contributed by atoms with van der Waals surface area (Å²) in [5, 5.41) is 13.5. The van der Waals surface area contributed by atoms with E-state index in [-0.39, 0.29) is 17.0 Å². The molecule has 0 unspecified atom stereocenters. The maximum absolute atomic E-state index is 12.1. The van der Waals surface area contributed by atoms with Gasteiger partial charge in [0.1, 0.15) is 5.56 Å². The molecule has 0 aromatic heterocycles. The standard InChI is InChI=1S/C15H12N2O4/c1-10(18)11-6-8-12(9-7-11)16-15(19)13-4-2-3-5-14(13)17(20)21/h2-9H,1H3,(H,16,19). The number of carbonyl (C=O) groups is 2.